The van der Waals surface area contributed by atoms with Crippen LogP contribution < -0.4 is 5.32 Å². The molecule has 32 heavy (non-hydrogen) atoms. The fraction of sp³-hybridized carbons (Fsp3) is 0.0833. The second kappa shape index (κ2) is 9.66. The molecule has 0 aliphatic rings. The molecule has 0 spiro atoms. The van der Waals surface area contributed by atoms with Crippen molar-refractivity contribution in [2.45, 2.75) is 6.61 Å². The van der Waals surface area contributed by atoms with Crippen molar-refractivity contribution in [3.8, 4) is 11.3 Å². The molecule has 8 heteroatoms. The molecule has 1 heterocycles. The summed E-state index contributed by atoms with van der Waals surface area (Å²) in [5.41, 5.74) is 4.15. The lowest BCUT2D eigenvalue weighted by molar-refractivity contribution is -0.111. The maximum Gasteiger partial charge on any atom is 0.695 e. The van der Waals surface area contributed by atoms with E-state index >= 15 is 0 Å². The summed E-state index contributed by atoms with van der Waals surface area (Å²) >= 11 is 0. The lowest BCUT2D eigenvalue weighted by atomic mass is 10.00. The minimum Gasteiger partial charge on any atom is -0.323 e. The SMILES string of the molecule is Cn1ncc(C=CC(=O)Nc2ccc(CO[P+](=O)O)cc2)c1-c1cccc2ccccc12. The van der Waals surface area contributed by atoms with Gasteiger partial charge in [0.2, 0.25) is 5.91 Å². The summed E-state index contributed by atoms with van der Waals surface area (Å²) in [6.45, 7) is 0.0256. The van der Waals surface area contributed by atoms with E-state index in [4.69, 9.17) is 4.89 Å². The predicted octanol–water partition coefficient (Wildman–Crippen LogP) is 5.06. The van der Waals surface area contributed by atoms with E-state index in [-0.39, 0.29) is 12.5 Å². The molecule has 1 atom stereocenters. The Labute approximate surface area is 185 Å². The van der Waals surface area contributed by atoms with Crippen LogP contribution >= 0.6 is 8.25 Å². The molecule has 7 nitrogen and oxygen atoms in total. The molecule has 4 aromatic rings. The summed E-state index contributed by atoms with van der Waals surface area (Å²) in [6.07, 6.45) is 4.96. The van der Waals surface area contributed by atoms with E-state index in [1.807, 2.05) is 25.2 Å². The van der Waals surface area contributed by atoms with E-state index in [1.54, 1.807) is 41.2 Å². The Hall–Kier alpha value is -3.64. The Morgan fingerprint density at radius 2 is 1.88 bits per heavy atom. The molecule has 1 aromatic heterocycles. The number of amides is 1. The molecular weight excluding hydrogens is 425 g/mol. The van der Waals surface area contributed by atoms with Crippen LogP contribution in [0.15, 0.2) is 79.0 Å². The van der Waals surface area contributed by atoms with Crippen LogP contribution in [0.4, 0.5) is 5.69 Å². The third kappa shape index (κ3) is 4.98. The van der Waals surface area contributed by atoms with Crippen molar-refractivity contribution in [1.82, 2.24) is 9.78 Å². The first-order valence-corrected chi connectivity index (χ1v) is 11.0. The monoisotopic (exact) mass is 446 g/mol. The minimum absolute atomic E-state index is 0.0256. The van der Waals surface area contributed by atoms with Gasteiger partial charge in [0.15, 0.2) is 0 Å². The van der Waals surface area contributed by atoms with E-state index < -0.39 is 8.25 Å². The van der Waals surface area contributed by atoms with E-state index in [1.165, 1.54) is 6.08 Å². The average molecular weight is 446 g/mol. The number of nitrogens with one attached hydrogen (secondary N) is 1. The number of carbonyl (C=O) groups is 1. The number of benzene rings is 3. The van der Waals surface area contributed by atoms with Crippen molar-refractivity contribution in [3.05, 3.63) is 90.1 Å². The van der Waals surface area contributed by atoms with E-state index in [0.717, 1.165) is 33.2 Å². The summed E-state index contributed by atoms with van der Waals surface area (Å²) in [7, 11) is -0.755. The number of hydrogen-bond donors (Lipinski definition) is 2. The van der Waals surface area contributed by atoms with Crippen molar-refractivity contribution in [1.29, 1.82) is 0 Å². The molecule has 4 rings (SSSR count). The number of hydrogen-bond acceptors (Lipinski definition) is 4. The lowest BCUT2D eigenvalue weighted by Crippen LogP contribution is -2.07. The molecule has 0 saturated heterocycles. The van der Waals surface area contributed by atoms with Gasteiger partial charge in [-0.3, -0.25) is 9.48 Å². The summed E-state index contributed by atoms with van der Waals surface area (Å²) in [5.74, 6) is -0.278. The maximum absolute atomic E-state index is 12.4. The van der Waals surface area contributed by atoms with Gasteiger partial charge in [0.1, 0.15) is 6.61 Å². The first-order chi connectivity index (χ1) is 15.5. The molecule has 0 saturated carbocycles. The molecule has 0 radical (unpaired) electrons. The van der Waals surface area contributed by atoms with Gasteiger partial charge in [-0.15, -0.1) is 9.42 Å². The van der Waals surface area contributed by atoms with Crippen LogP contribution in [0.25, 0.3) is 28.1 Å². The van der Waals surface area contributed by atoms with Gasteiger partial charge in [-0.25, -0.2) is 0 Å². The molecule has 2 N–H and O–H groups in total. The van der Waals surface area contributed by atoms with Crippen molar-refractivity contribution in [2.75, 3.05) is 5.32 Å². The van der Waals surface area contributed by atoms with Crippen LogP contribution in [0.1, 0.15) is 11.1 Å². The maximum atomic E-state index is 12.4. The highest BCUT2D eigenvalue weighted by Gasteiger charge is 2.13. The van der Waals surface area contributed by atoms with Crippen molar-refractivity contribution >= 4 is 36.7 Å². The normalized spacial score (nSPS) is 11.8. The number of aromatic nitrogens is 2. The van der Waals surface area contributed by atoms with Crippen LogP contribution in [0, 0.1) is 0 Å². The van der Waals surface area contributed by atoms with Crippen LogP contribution in [-0.2, 0) is 27.5 Å². The number of rotatable bonds is 7. The summed E-state index contributed by atoms with van der Waals surface area (Å²) in [6, 6.07) is 21.1. The zero-order valence-corrected chi connectivity index (χ0v) is 18.2. The van der Waals surface area contributed by atoms with E-state index in [2.05, 4.69) is 39.2 Å². The Morgan fingerprint density at radius 3 is 2.66 bits per heavy atom. The van der Waals surface area contributed by atoms with Gasteiger partial charge >= 0.3 is 8.25 Å². The Morgan fingerprint density at radius 1 is 1.12 bits per heavy atom. The van der Waals surface area contributed by atoms with Crippen LogP contribution in [0.3, 0.4) is 0 Å². The standard InChI is InChI=1S/C24H20N3O4P/c1-27-24(22-8-4-6-18-5-2-3-7-21(18)22)19(15-25-27)11-14-23(28)26-20-12-9-17(10-13-20)16-31-32(29)30/h2-15H,16H2,1H3,(H-,26,28,29,30)/p+1. The third-order valence-electron chi connectivity index (χ3n) is 4.99. The second-order valence-corrected chi connectivity index (χ2v) is 7.86. The highest BCUT2D eigenvalue weighted by molar-refractivity contribution is 7.32. The van der Waals surface area contributed by atoms with Gasteiger partial charge in [-0.05, 0) is 34.5 Å². The molecule has 0 aliphatic heterocycles. The van der Waals surface area contributed by atoms with Gasteiger partial charge in [0.25, 0.3) is 0 Å². The predicted molar refractivity (Wildman–Crippen MR) is 125 cm³/mol. The lowest BCUT2D eigenvalue weighted by Gasteiger charge is -2.08. The number of carbonyl (C=O) groups excluding carboxylic acids is 1. The number of aryl methyl sites for hydroxylation is 1. The zero-order chi connectivity index (χ0) is 22.5. The van der Waals surface area contributed by atoms with E-state index in [9.17, 15) is 9.36 Å². The average Bonchev–Trinajstić information content (AvgIpc) is 3.17. The molecule has 0 aliphatic carbocycles. The molecule has 0 fully saturated rings. The Balaban J connectivity index is 1.51. The summed E-state index contributed by atoms with van der Waals surface area (Å²) < 4.78 is 17.1. The van der Waals surface area contributed by atoms with Crippen LogP contribution in [0.2, 0.25) is 0 Å². The van der Waals surface area contributed by atoms with Crippen LogP contribution in [-0.4, -0.2) is 20.6 Å². The molecule has 0 bridgehead atoms. The number of fused-ring (bicyclic) bond motifs is 1. The number of nitrogens with zero attached hydrogens (tertiary/aromatic N) is 2. The van der Waals surface area contributed by atoms with Crippen molar-refractivity contribution in [3.63, 3.8) is 0 Å². The smallest absolute Gasteiger partial charge is 0.323 e. The zero-order valence-electron chi connectivity index (χ0n) is 17.3. The summed E-state index contributed by atoms with van der Waals surface area (Å²) in [4.78, 5) is 21.1. The molecule has 160 valence electrons. The third-order valence-corrected chi connectivity index (χ3v) is 5.34. The molecule has 1 unspecified atom stereocenters. The topological polar surface area (TPSA) is 93.5 Å². The fourth-order valence-corrected chi connectivity index (χ4v) is 3.76. The van der Waals surface area contributed by atoms with Crippen LogP contribution in [0.5, 0.6) is 0 Å². The number of anilines is 1. The van der Waals surface area contributed by atoms with Crippen molar-refractivity contribution in [2.24, 2.45) is 7.05 Å². The highest BCUT2D eigenvalue weighted by Crippen LogP contribution is 2.31. The van der Waals surface area contributed by atoms with Gasteiger partial charge < -0.3 is 5.32 Å². The van der Waals surface area contributed by atoms with Gasteiger partial charge in [0, 0.05) is 34.5 Å². The first kappa shape index (κ1) is 21.6. The van der Waals surface area contributed by atoms with Gasteiger partial charge in [-0.2, -0.15) is 5.10 Å². The highest BCUT2D eigenvalue weighted by atomic mass is 31.1. The van der Waals surface area contributed by atoms with E-state index in [0.29, 0.717) is 5.69 Å². The summed E-state index contributed by atoms with van der Waals surface area (Å²) in [5, 5.41) is 9.44. The quantitative estimate of drug-likeness (QED) is 0.306. The molecule has 1 amide bonds. The first-order valence-electron chi connectivity index (χ1n) is 9.88. The van der Waals surface area contributed by atoms with Crippen molar-refractivity contribution < 1.29 is 18.8 Å². The second-order valence-electron chi connectivity index (χ2n) is 7.13. The molecular formula is C24H21N3O4P+. The van der Waals surface area contributed by atoms with Gasteiger partial charge in [0.05, 0.1) is 11.9 Å². The largest absolute Gasteiger partial charge is 0.695 e. The minimum atomic E-state index is -2.64. The fourth-order valence-electron chi connectivity index (χ4n) is 3.50. The Kier molecular flexibility index (Phi) is 6.52. The molecule has 3 aromatic carbocycles. The Bertz CT molecular complexity index is 1310. The van der Waals surface area contributed by atoms with Gasteiger partial charge in [-0.1, -0.05) is 54.6 Å².